The summed E-state index contributed by atoms with van der Waals surface area (Å²) in [5.41, 5.74) is 8.82. The van der Waals surface area contributed by atoms with Gasteiger partial charge in [0.1, 0.15) is 35.3 Å². The lowest BCUT2D eigenvalue weighted by atomic mass is 10.1. The highest BCUT2D eigenvalue weighted by atomic mass is 35.5. The zero-order valence-corrected chi connectivity index (χ0v) is 50.3. The molecular formula is C60H58Cl4F2N12O13. The smallest absolute Gasteiger partial charge is 0.335 e. The summed E-state index contributed by atoms with van der Waals surface area (Å²) < 4.78 is 39.3. The second-order valence-corrected chi connectivity index (χ2v) is 19.5. The van der Waals surface area contributed by atoms with Gasteiger partial charge in [0.25, 0.3) is 40.9 Å². The molecule has 0 saturated carbocycles. The van der Waals surface area contributed by atoms with E-state index in [1.807, 2.05) is 0 Å². The average molecular weight is 1340 g/mol. The maximum Gasteiger partial charge on any atom is 0.335 e. The fraction of sp³-hybridized carbons (Fsp3) is 0.167. The van der Waals surface area contributed by atoms with Gasteiger partial charge in [0.2, 0.25) is 0 Å². The van der Waals surface area contributed by atoms with Crippen LogP contribution in [0.2, 0.25) is 20.1 Å². The van der Waals surface area contributed by atoms with Crippen molar-refractivity contribution in [2.24, 2.45) is 0 Å². The van der Waals surface area contributed by atoms with Crippen molar-refractivity contribution in [1.82, 2.24) is 36.3 Å². The second kappa shape index (κ2) is 34.9. The third-order valence-corrected chi connectivity index (χ3v) is 13.3. The Balaban J connectivity index is 0.000000342. The minimum Gasteiger partial charge on any atom is -0.484 e. The predicted molar refractivity (Wildman–Crippen MR) is 340 cm³/mol. The summed E-state index contributed by atoms with van der Waals surface area (Å²) in [4.78, 5) is 89.1. The van der Waals surface area contributed by atoms with E-state index in [2.05, 4.69) is 47.0 Å². The van der Waals surface area contributed by atoms with Gasteiger partial charge in [-0.1, -0.05) is 61.3 Å². The van der Waals surface area contributed by atoms with Gasteiger partial charge in [-0.2, -0.15) is 5.10 Å². The molecule has 5 amide bonds. The number of carbonyl (C=O) groups is 6. The Kier molecular flexibility index (Phi) is 28.7. The number of nitrogen functional groups attached to an aromatic ring is 1. The number of nitrogens with one attached hydrogen (secondary N) is 5. The van der Waals surface area contributed by atoms with Gasteiger partial charge in [-0.05, 0) is 118 Å². The van der Waals surface area contributed by atoms with Crippen LogP contribution in [0.4, 0.5) is 37.3 Å². The van der Waals surface area contributed by atoms with Crippen LogP contribution in [0.25, 0.3) is 0 Å². The molecule has 0 bridgehead atoms. The molecule has 8 aromatic rings. The lowest BCUT2D eigenvalue weighted by Gasteiger charge is -2.19. The molecule has 0 radical (unpaired) electrons. The van der Waals surface area contributed by atoms with Crippen LogP contribution in [0.15, 0.2) is 133 Å². The van der Waals surface area contributed by atoms with Gasteiger partial charge in [-0.15, -0.1) is 15.3 Å². The Hall–Kier alpha value is -10.5. The molecule has 2 heterocycles. The van der Waals surface area contributed by atoms with E-state index < -0.39 is 51.5 Å². The van der Waals surface area contributed by atoms with Gasteiger partial charge >= 0.3 is 5.97 Å². The number of anilines is 3. The summed E-state index contributed by atoms with van der Waals surface area (Å²) in [5, 5.41) is 57.2. The number of aromatic carboxylic acids is 1. The van der Waals surface area contributed by atoms with Crippen molar-refractivity contribution in [2.45, 2.75) is 47.8 Å². The molecule has 0 aliphatic heterocycles. The standard InChI is InChI=1S/C22H19Cl2FN4O3.C21H18Cl2FN5O3.C8H8N2O3.C7H5NO4.2CH4/c1-11-18(32-12(2)19-15(23)8-9-16(25)20(19)24)10-17(29-28-11)22(31)27-14-6-4-13(5-7-14)21(30)26-3;1-10(17-13(22)7-8-14(24)18(17)23)32-16-9-15(28-29-19(16)25)21(31)27-12-5-3-11(4-6-12)20(30)26-2;1-9-8(11)6-2-4-7(5-3-6)10(12)13;9-7(10)5-1-3-6(4-2-5)8(11)12;;/h4-10,12H,1-3H3,(H,26,30)(H,27,31);3-10H,1-2H3,(H2,25,29)(H,26,30)(H,27,31);2-5H,1H3,(H,9,11);1-4H,(H,9,10);2*1H4. The molecule has 0 spiro atoms. The lowest BCUT2D eigenvalue weighted by Crippen LogP contribution is -2.18. The molecule has 8 rings (SSSR count). The fourth-order valence-electron chi connectivity index (χ4n) is 7.28. The van der Waals surface area contributed by atoms with E-state index >= 15 is 0 Å². The van der Waals surface area contributed by atoms with Crippen molar-refractivity contribution in [3.8, 4) is 11.5 Å². The lowest BCUT2D eigenvalue weighted by molar-refractivity contribution is -0.385. The highest BCUT2D eigenvalue weighted by molar-refractivity contribution is 6.36. The number of carboxylic acids is 1. The van der Waals surface area contributed by atoms with Crippen molar-refractivity contribution >= 4 is 110 Å². The number of nitrogens with two attached hydrogens (primary N) is 1. The first-order chi connectivity index (χ1) is 42.2. The predicted octanol–water partition coefficient (Wildman–Crippen LogP) is 12.8. The number of hydrogen-bond acceptors (Lipinski definition) is 17. The molecule has 31 heteroatoms. The van der Waals surface area contributed by atoms with Gasteiger partial charge in [-0.25, -0.2) is 13.6 Å². The van der Waals surface area contributed by atoms with Gasteiger partial charge < -0.3 is 46.9 Å². The van der Waals surface area contributed by atoms with Gasteiger partial charge in [-0.3, -0.25) is 44.2 Å². The number of hydrogen-bond donors (Lipinski definition) is 7. The molecule has 25 nitrogen and oxygen atoms in total. The summed E-state index contributed by atoms with van der Waals surface area (Å²) in [5.74, 6) is -3.96. The number of carbonyl (C=O) groups excluding carboxylic acids is 5. The number of non-ortho nitro benzene ring substituents is 2. The number of carboxylic acid groups (broad SMARTS) is 1. The fourth-order valence-corrected chi connectivity index (χ4v) is 8.63. The molecule has 2 atom stereocenters. The van der Waals surface area contributed by atoms with Crippen LogP contribution in [-0.4, -0.2) is 92.0 Å². The van der Waals surface area contributed by atoms with E-state index in [0.29, 0.717) is 33.8 Å². The van der Waals surface area contributed by atoms with Gasteiger partial charge in [0.15, 0.2) is 23.0 Å². The number of ether oxygens (including phenoxy) is 2. The Morgan fingerprint density at radius 1 is 0.516 bits per heavy atom. The zero-order valence-electron chi connectivity index (χ0n) is 47.2. The van der Waals surface area contributed by atoms with Crippen LogP contribution < -0.4 is 41.8 Å². The Bertz CT molecular complexity index is 3720. The minimum atomic E-state index is -1.09. The molecule has 0 saturated heterocycles. The van der Waals surface area contributed by atoms with Crippen LogP contribution in [0.5, 0.6) is 11.5 Å². The number of nitro benzene ring substituents is 2. The van der Waals surface area contributed by atoms with Crippen LogP contribution in [0, 0.1) is 38.8 Å². The topological polar surface area (TPSA) is 365 Å². The van der Waals surface area contributed by atoms with Crippen molar-refractivity contribution in [3.05, 3.63) is 236 Å². The van der Waals surface area contributed by atoms with Crippen molar-refractivity contribution in [1.29, 1.82) is 0 Å². The number of nitro groups is 2. The molecule has 0 aliphatic carbocycles. The third-order valence-electron chi connectivity index (χ3n) is 11.9. The van der Waals surface area contributed by atoms with Gasteiger partial charge in [0.05, 0.1) is 25.5 Å². The number of benzene rings is 6. The molecule has 8 N–H and O–H groups in total. The van der Waals surface area contributed by atoms with Crippen LogP contribution in [-0.2, 0) is 0 Å². The summed E-state index contributed by atoms with van der Waals surface area (Å²) >= 11 is 24.4. The molecule has 2 aromatic heterocycles. The van der Waals surface area contributed by atoms with Crippen molar-refractivity contribution in [3.63, 3.8) is 0 Å². The molecular weight excluding hydrogens is 1280 g/mol. The van der Waals surface area contributed by atoms with E-state index in [0.717, 1.165) is 18.2 Å². The summed E-state index contributed by atoms with van der Waals surface area (Å²) in [6, 6.07) is 30.5. The van der Waals surface area contributed by atoms with E-state index in [4.69, 9.17) is 66.7 Å². The number of rotatable bonds is 16. The Morgan fingerprint density at radius 2 is 0.846 bits per heavy atom. The molecule has 2 unspecified atom stereocenters. The van der Waals surface area contributed by atoms with E-state index in [-0.39, 0.29) is 109 Å². The van der Waals surface area contributed by atoms with Crippen LogP contribution in [0.3, 0.4) is 0 Å². The largest absolute Gasteiger partial charge is 0.484 e. The van der Waals surface area contributed by atoms with Crippen LogP contribution in [0.1, 0.15) is 120 Å². The molecule has 91 heavy (non-hydrogen) atoms. The number of aryl methyl sites for hydroxylation is 1. The second-order valence-electron chi connectivity index (χ2n) is 17.9. The molecule has 478 valence electrons. The summed E-state index contributed by atoms with van der Waals surface area (Å²) in [6.07, 6.45) is -1.52. The Morgan fingerprint density at radius 3 is 1.20 bits per heavy atom. The Labute approximate surface area is 538 Å². The molecule has 0 fully saturated rings. The summed E-state index contributed by atoms with van der Waals surface area (Å²) in [7, 11) is 4.56. The first-order valence-electron chi connectivity index (χ1n) is 25.5. The molecule has 6 aromatic carbocycles. The number of nitrogens with zero attached hydrogens (tertiary/aromatic N) is 6. The number of aromatic nitrogens is 4. The average Bonchev–Trinajstić information content (AvgIpc) is 1.45. The maximum atomic E-state index is 13.9. The zero-order chi connectivity index (χ0) is 65.8. The molecule has 0 aliphatic rings. The first kappa shape index (κ1) is 74.8. The highest BCUT2D eigenvalue weighted by Crippen LogP contribution is 2.37. The van der Waals surface area contributed by atoms with Gasteiger partial charge in [0, 0.05) is 107 Å². The quantitative estimate of drug-likeness (QED) is 0.0268. The van der Waals surface area contributed by atoms with E-state index in [9.17, 15) is 57.8 Å². The van der Waals surface area contributed by atoms with Crippen molar-refractivity contribution < 1.29 is 62.0 Å². The van der Waals surface area contributed by atoms with Crippen molar-refractivity contribution in [2.75, 3.05) is 37.5 Å². The van der Waals surface area contributed by atoms with E-state index in [1.54, 1.807) is 69.3 Å². The minimum absolute atomic E-state index is 0. The van der Waals surface area contributed by atoms with E-state index in [1.165, 1.54) is 87.9 Å². The third kappa shape index (κ3) is 20.8. The van der Waals surface area contributed by atoms with Crippen LogP contribution >= 0.6 is 46.4 Å². The maximum absolute atomic E-state index is 13.9. The monoisotopic (exact) mass is 1330 g/mol. The highest BCUT2D eigenvalue weighted by Gasteiger charge is 2.24. The number of amides is 5. The normalized spacial score (nSPS) is 10.7. The first-order valence-corrected chi connectivity index (χ1v) is 27.0. The summed E-state index contributed by atoms with van der Waals surface area (Å²) in [6.45, 7) is 4.91. The SMILES string of the molecule is C.C.CNC(=O)c1ccc(NC(=O)c2cc(OC(C)c3c(Cl)ccc(F)c3Cl)c(C)nn2)cc1.CNC(=O)c1ccc(NC(=O)c2cc(OC(C)c3c(Cl)ccc(F)c3Cl)c(N)nn2)cc1.CNC(=O)c1ccc([N+](=O)[O-])cc1.O=C(O)c1ccc([N+](=O)[O-])cc1. The number of halogens is 6.